The topological polar surface area (TPSA) is 12.4 Å². The monoisotopic (exact) mass is 251 g/mol. The third-order valence-corrected chi connectivity index (χ3v) is 3.02. The molecule has 98 valence electrons. The van der Waals surface area contributed by atoms with Crippen LogP contribution in [0.5, 0.6) is 0 Å². The van der Waals surface area contributed by atoms with E-state index in [0.29, 0.717) is 0 Å². The molecule has 0 spiro atoms. The van der Waals surface area contributed by atoms with E-state index in [9.17, 15) is 0 Å². The molecule has 19 heavy (non-hydrogen) atoms. The summed E-state index contributed by atoms with van der Waals surface area (Å²) in [5, 5.41) is 0. The lowest BCUT2D eigenvalue weighted by Gasteiger charge is -2.22. The molecule has 2 rings (SSSR count). The molecular formula is C18H21N. The largest absolute Gasteiger partial charge is 0.284 e. The van der Waals surface area contributed by atoms with E-state index in [1.54, 1.807) is 0 Å². The summed E-state index contributed by atoms with van der Waals surface area (Å²) in [6.45, 7) is 7.37. The van der Waals surface area contributed by atoms with Crippen molar-refractivity contribution in [2.75, 3.05) is 0 Å². The van der Waals surface area contributed by atoms with Crippen molar-refractivity contribution in [2.45, 2.75) is 27.3 Å². The summed E-state index contributed by atoms with van der Waals surface area (Å²) >= 11 is 0. The summed E-state index contributed by atoms with van der Waals surface area (Å²) in [6.07, 6.45) is 0. The Labute approximate surface area is 116 Å². The molecule has 0 aliphatic carbocycles. The van der Waals surface area contributed by atoms with E-state index >= 15 is 0 Å². The zero-order chi connectivity index (χ0) is 13.7. The van der Waals surface area contributed by atoms with E-state index in [-0.39, 0.29) is 5.41 Å². The van der Waals surface area contributed by atoms with Gasteiger partial charge in [-0.3, -0.25) is 4.99 Å². The first-order valence-electron chi connectivity index (χ1n) is 6.71. The van der Waals surface area contributed by atoms with Crippen molar-refractivity contribution in [3.05, 3.63) is 71.8 Å². The Morgan fingerprint density at radius 1 is 0.842 bits per heavy atom. The van der Waals surface area contributed by atoms with Gasteiger partial charge in [0, 0.05) is 11.1 Å². The first kappa shape index (κ1) is 13.5. The highest BCUT2D eigenvalue weighted by molar-refractivity contribution is 6.04. The third kappa shape index (κ3) is 3.78. The van der Waals surface area contributed by atoms with Gasteiger partial charge in [-0.1, -0.05) is 81.4 Å². The summed E-state index contributed by atoms with van der Waals surface area (Å²) in [7, 11) is 0. The summed E-state index contributed by atoms with van der Waals surface area (Å²) in [5.74, 6) is 0. The normalized spacial score (nSPS) is 12.5. The Kier molecular flexibility index (Phi) is 4.16. The van der Waals surface area contributed by atoms with Crippen molar-refractivity contribution < 1.29 is 0 Å². The average molecular weight is 251 g/mol. The lowest BCUT2D eigenvalue weighted by molar-refractivity contribution is 0.588. The lowest BCUT2D eigenvalue weighted by Crippen LogP contribution is -2.21. The van der Waals surface area contributed by atoms with Gasteiger partial charge in [-0.05, 0) is 11.1 Å². The smallest absolute Gasteiger partial charge is 0.0643 e. The van der Waals surface area contributed by atoms with Crippen molar-refractivity contribution in [1.29, 1.82) is 0 Å². The van der Waals surface area contributed by atoms with Crippen molar-refractivity contribution in [2.24, 2.45) is 10.4 Å². The third-order valence-electron chi connectivity index (χ3n) is 3.02. The van der Waals surface area contributed by atoms with E-state index in [2.05, 4.69) is 69.3 Å². The van der Waals surface area contributed by atoms with E-state index in [1.165, 1.54) is 11.1 Å². The van der Waals surface area contributed by atoms with Crippen molar-refractivity contribution in [3.63, 3.8) is 0 Å². The molecule has 0 heterocycles. The van der Waals surface area contributed by atoms with Crippen LogP contribution in [-0.2, 0) is 6.54 Å². The summed E-state index contributed by atoms with van der Waals surface area (Å²) in [4.78, 5) is 4.85. The van der Waals surface area contributed by atoms with E-state index in [4.69, 9.17) is 4.99 Å². The Morgan fingerprint density at radius 2 is 1.37 bits per heavy atom. The zero-order valence-electron chi connectivity index (χ0n) is 11.9. The molecule has 0 amide bonds. The Hall–Kier alpha value is -1.89. The van der Waals surface area contributed by atoms with E-state index < -0.39 is 0 Å². The van der Waals surface area contributed by atoms with Crippen LogP contribution in [0.1, 0.15) is 31.9 Å². The molecule has 0 N–H and O–H groups in total. The number of aliphatic imine (C=N–C) groups is 1. The van der Waals surface area contributed by atoms with Crippen LogP contribution in [-0.4, -0.2) is 5.71 Å². The van der Waals surface area contributed by atoms with Gasteiger partial charge in [-0.2, -0.15) is 0 Å². The number of nitrogens with zero attached hydrogens (tertiary/aromatic N) is 1. The van der Waals surface area contributed by atoms with Crippen LogP contribution in [0.15, 0.2) is 65.7 Å². The van der Waals surface area contributed by atoms with Crippen LogP contribution >= 0.6 is 0 Å². The van der Waals surface area contributed by atoms with Gasteiger partial charge < -0.3 is 0 Å². The molecule has 0 atom stereocenters. The summed E-state index contributed by atoms with van der Waals surface area (Å²) in [6, 6.07) is 20.8. The SMILES string of the molecule is CC(C)(C)C(=NCc1ccccc1)c1ccccc1. The molecule has 0 aliphatic rings. The highest BCUT2D eigenvalue weighted by Gasteiger charge is 2.20. The molecule has 1 heteroatoms. The Balaban J connectivity index is 2.29. The Bertz CT molecular complexity index is 533. The average Bonchev–Trinajstić information content (AvgIpc) is 2.40. The highest BCUT2D eigenvalue weighted by atomic mass is 14.7. The molecule has 0 aromatic heterocycles. The molecule has 1 nitrogen and oxygen atoms in total. The minimum absolute atomic E-state index is 0.0517. The lowest BCUT2D eigenvalue weighted by atomic mass is 9.85. The molecule has 0 aliphatic heterocycles. The maximum atomic E-state index is 4.85. The number of hydrogen-bond donors (Lipinski definition) is 0. The van der Waals surface area contributed by atoms with Gasteiger partial charge in [0.05, 0.1) is 6.54 Å². The highest BCUT2D eigenvalue weighted by Crippen LogP contribution is 2.22. The van der Waals surface area contributed by atoms with Gasteiger partial charge in [0.2, 0.25) is 0 Å². The quantitative estimate of drug-likeness (QED) is 0.700. The molecule has 2 aromatic carbocycles. The summed E-state index contributed by atoms with van der Waals surface area (Å²) in [5.41, 5.74) is 3.68. The molecule has 0 bridgehead atoms. The number of rotatable bonds is 3. The van der Waals surface area contributed by atoms with Crippen LogP contribution in [0, 0.1) is 5.41 Å². The van der Waals surface area contributed by atoms with Gasteiger partial charge in [0.15, 0.2) is 0 Å². The predicted molar refractivity (Wildman–Crippen MR) is 82.6 cm³/mol. The maximum absolute atomic E-state index is 4.85. The van der Waals surface area contributed by atoms with Crippen LogP contribution in [0.25, 0.3) is 0 Å². The van der Waals surface area contributed by atoms with Crippen molar-refractivity contribution in [1.82, 2.24) is 0 Å². The molecule has 0 radical (unpaired) electrons. The van der Waals surface area contributed by atoms with E-state index in [0.717, 1.165) is 12.3 Å². The van der Waals surface area contributed by atoms with Gasteiger partial charge in [-0.25, -0.2) is 0 Å². The molecule has 0 unspecified atom stereocenters. The second kappa shape index (κ2) is 5.83. The first-order valence-corrected chi connectivity index (χ1v) is 6.71. The molecule has 0 saturated heterocycles. The molecular weight excluding hydrogens is 230 g/mol. The maximum Gasteiger partial charge on any atom is 0.0643 e. The van der Waals surface area contributed by atoms with E-state index in [1.807, 2.05) is 12.1 Å². The predicted octanol–water partition coefficient (Wildman–Crippen LogP) is 4.72. The van der Waals surface area contributed by atoms with Crippen LogP contribution in [0.2, 0.25) is 0 Å². The summed E-state index contributed by atoms with van der Waals surface area (Å²) < 4.78 is 0. The molecule has 2 aromatic rings. The van der Waals surface area contributed by atoms with Crippen LogP contribution in [0.3, 0.4) is 0 Å². The van der Waals surface area contributed by atoms with Crippen LogP contribution < -0.4 is 0 Å². The second-order valence-electron chi connectivity index (χ2n) is 5.77. The fourth-order valence-corrected chi connectivity index (χ4v) is 2.11. The fourth-order valence-electron chi connectivity index (χ4n) is 2.11. The van der Waals surface area contributed by atoms with Crippen LogP contribution in [0.4, 0.5) is 0 Å². The first-order chi connectivity index (χ1) is 9.07. The number of benzene rings is 2. The van der Waals surface area contributed by atoms with Crippen molar-refractivity contribution >= 4 is 5.71 Å². The molecule has 0 saturated carbocycles. The Morgan fingerprint density at radius 3 is 1.89 bits per heavy atom. The zero-order valence-corrected chi connectivity index (χ0v) is 11.9. The standard InChI is InChI=1S/C18H21N/c1-18(2,3)17(16-12-8-5-9-13-16)19-14-15-10-6-4-7-11-15/h4-13H,14H2,1-3H3. The van der Waals surface area contributed by atoms with Gasteiger partial charge in [-0.15, -0.1) is 0 Å². The minimum atomic E-state index is 0.0517. The van der Waals surface area contributed by atoms with Gasteiger partial charge in [0.25, 0.3) is 0 Å². The van der Waals surface area contributed by atoms with Gasteiger partial charge >= 0.3 is 0 Å². The van der Waals surface area contributed by atoms with Gasteiger partial charge in [0.1, 0.15) is 0 Å². The second-order valence-corrected chi connectivity index (χ2v) is 5.77. The number of hydrogen-bond acceptors (Lipinski definition) is 1. The molecule has 0 fully saturated rings. The minimum Gasteiger partial charge on any atom is -0.284 e. The van der Waals surface area contributed by atoms with Crippen molar-refractivity contribution in [3.8, 4) is 0 Å². The fraction of sp³-hybridized carbons (Fsp3) is 0.278.